The first-order chi connectivity index (χ1) is 13.3. The predicted octanol–water partition coefficient (Wildman–Crippen LogP) is 4.02. The number of nitrogens with zero attached hydrogens (tertiary/aromatic N) is 2. The van der Waals surface area contributed by atoms with Crippen molar-refractivity contribution in [3.8, 4) is 5.75 Å². The van der Waals surface area contributed by atoms with Gasteiger partial charge in [-0.3, -0.25) is 4.79 Å². The highest BCUT2D eigenvalue weighted by Crippen LogP contribution is 2.56. The summed E-state index contributed by atoms with van der Waals surface area (Å²) in [7, 11) is 0. The third-order valence-corrected chi connectivity index (χ3v) is 7.51. The molecule has 1 fully saturated rings. The van der Waals surface area contributed by atoms with Gasteiger partial charge < -0.3 is 15.0 Å². The smallest absolute Gasteiger partial charge is 0.254 e. The molecule has 2 atom stereocenters. The summed E-state index contributed by atoms with van der Waals surface area (Å²) >= 11 is 0. The monoisotopic (exact) mass is 375 g/mol. The first kappa shape index (κ1) is 17.3. The van der Waals surface area contributed by atoms with Gasteiger partial charge in [0, 0.05) is 23.6 Å². The third kappa shape index (κ3) is 2.19. The van der Waals surface area contributed by atoms with Crippen LogP contribution >= 0.6 is 0 Å². The van der Waals surface area contributed by atoms with Gasteiger partial charge in [0.1, 0.15) is 5.75 Å². The molecule has 2 aromatic carbocycles. The Balaban J connectivity index is 1.57. The number of benzene rings is 2. The minimum atomic E-state index is -0.0974. The fourth-order valence-electron chi connectivity index (χ4n) is 5.37. The van der Waals surface area contributed by atoms with E-state index in [9.17, 15) is 9.90 Å². The maximum atomic E-state index is 13.5. The molecular weight excluding hydrogens is 350 g/mol. The van der Waals surface area contributed by atoms with E-state index < -0.39 is 0 Å². The highest BCUT2D eigenvalue weighted by molar-refractivity contribution is 5.97. The standard InChI is InChI=1S/C23H25N3O2/c1-22(2)20-11-14-4-6-16(27)12-17(14)23(22,3)8-9-26(20)21(28)15-5-7-18-19(10-15)25-13-24-18/h4-7,10,12-13,20,27H,8-9,11H2,1-3H3,(H,24,25)/t20-,23+/m1/s1. The number of likely N-dealkylation sites (tertiary alicyclic amines) is 1. The lowest BCUT2D eigenvalue weighted by Crippen LogP contribution is -2.64. The molecule has 1 saturated heterocycles. The summed E-state index contributed by atoms with van der Waals surface area (Å²) in [6, 6.07) is 11.5. The van der Waals surface area contributed by atoms with Gasteiger partial charge in [0.2, 0.25) is 0 Å². The molecule has 5 rings (SSSR count). The summed E-state index contributed by atoms with van der Waals surface area (Å²) < 4.78 is 0. The molecule has 2 bridgehead atoms. The molecule has 1 aliphatic carbocycles. The number of amides is 1. The molecule has 1 aromatic heterocycles. The second-order valence-electron chi connectivity index (χ2n) is 9.00. The van der Waals surface area contributed by atoms with Crippen LogP contribution in [-0.2, 0) is 11.8 Å². The zero-order valence-corrected chi connectivity index (χ0v) is 16.5. The van der Waals surface area contributed by atoms with Crippen molar-refractivity contribution in [1.82, 2.24) is 14.9 Å². The van der Waals surface area contributed by atoms with Gasteiger partial charge in [-0.1, -0.05) is 26.8 Å². The number of piperidine rings is 1. The van der Waals surface area contributed by atoms with E-state index in [1.807, 2.05) is 30.3 Å². The maximum Gasteiger partial charge on any atom is 0.254 e. The quantitative estimate of drug-likeness (QED) is 0.675. The first-order valence-corrected chi connectivity index (χ1v) is 9.88. The van der Waals surface area contributed by atoms with E-state index in [0.717, 1.165) is 30.4 Å². The summed E-state index contributed by atoms with van der Waals surface area (Å²) in [5.74, 6) is 0.402. The zero-order chi connectivity index (χ0) is 19.7. The van der Waals surface area contributed by atoms with Crippen molar-refractivity contribution in [2.45, 2.75) is 45.1 Å². The molecule has 144 valence electrons. The lowest BCUT2D eigenvalue weighted by molar-refractivity contribution is -0.0262. The SMILES string of the molecule is CC1(C)[C@H]2Cc3ccc(O)cc3[C@]1(C)CCN2C(=O)c1ccc2nc[nH]c2c1. The van der Waals surface area contributed by atoms with Gasteiger partial charge in [0.25, 0.3) is 5.91 Å². The fourth-order valence-corrected chi connectivity index (χ4v) is 5.37. The average Bonchev–Trinajstić information content (AvgIpc) is 3.13. The number of aromatic hydroxyl groups is 1. The lowest BCUT2D eigenvalue weighted by Gasteiger charge is -2.60. The van der Waals surface area contributed by atoms with Crippen molar-refractivity contribution in [2.24, 2.45) is 5.41 Å². The van der Waals surface area contributed by atoms with E-state index in [1.165, 1.54) is 11.1 Å². The second kappa shape index (κ2) is 5.60. The van der Waals surface area contributed by atoms with E-state index in [1.54, 1.807) is 12.4 Å². The molecule has 0 saturated carbocycles. The highest BCUT2D eigenvalue weighted by Gasteiger charge is 2.56. The van der Waals surface area contributed by atoms with E-state index in [-0.39, 0.29) is 22.8 Å². The Morgan fingerprint density at radius 2 is 2.04 bits per heavy atom. The van der Waals surface area contributed by atoms with Crippen molar-refractivity contribution in [2.75, 3.05) is 6.54 Å². The molecule has 5 nitrogen and oxygen atoms in total. The van der Waals surface area contributed by atoms with Gasteiger partial charge >= 0.3 is 0 Å². The molecule has 5 heteroatoms. The Hall–Kier alpha value is -2.82. The van der Waals surface area contributed by atoms with Gasteiger partial charge in [0.15, 0.2) is 0 Å². The van der Waals surface area contributed by atoms with Crippen LogP contribution in [0, 0.1) is 5.41 Å². The van der Waals surface area contributed by atoms with Crippen LogP contribution in [0.25, 0.3) is 11.0 Å². The molecule has 0 radical (unpaired) electrons. The Morgan fingerprint density at radius 1 is 1.21 bits per heavy atom. The van der Waals surface area contributed by atoms with Gasteiger partial charge in [-0.25, -0.2) is 4.98 Å². The molecule has 2 N–H and O–H groups in total. The maximum absolute atomic E-state index is 13.5. The van der Waals surface area contributed by atoms with Crippen LogP contribution in [0.1, 0.15) is 48.7 Å². The number of aromatic amines is 1. The zero-order valence-electron chi connectivity index (χ0n) is 16.5. The van der Waals surface area contributed by atoms with Crippen LogP contribution in [-0.4, -0.2) is 38.5 Å². The van der Waals surface area contributed by atoms with Crippen LogP contribution in [0.2, 0.25) is 0 Å². The minimum Gasteiger partial charge on any atom is -0.508 e. The number of aromatic nitrogens is 2. The number of H-pyrrole nitrogens is 1. The van der Waals surface area contributed by atoms with Crippen LogP contribution in [0.4, 0.5) is 0 Å². The molecule has 0 unspecified atom stereocenters. The number of carbonyl (C=O) groups is 1. The van der Waals surface area contributed by atoms with Crippen LogP contribution < -0.4 is 0 Å². The fraction of sp³-hybridized carbons (Fsp3) is 0.391. The first-order valence-electron chi connectivity index (χ1n) is 9.88. The summed E-state index contributed by atoms with van der Waals surface area (Å²) in [6.07, 6.45) is 3.35. The van der Waals surface area contributed by atoms with E-state index in [2.05, 4.69) is 35.6 Å². The van der Waals surface area contributed by atoms with Crippen molar-refractivity contribution in [1.29, 1.82) is 0 Å². The van der Waals surface area contributed by atoms with Crippen LogP contribution in [0.3, 0.4) is 0 Å². The number of hydrogen-bond acceptors (Lipinski definition) is 3. The number of imidazole rings is 1. The molecule has 2 aliphatic rings. The predicted molar refractivity (Wildman–Crippen MR) is 108 cm³/mol. The number of phenolic OH excluding ortho intramolecular Hbond substituents is 1. The molecule has 3 aromatic rings. The molecule has 28 heavy (non-hydrogen) atoms. The normalized spacial score (nSPS) is 25.5. The summed E-state index contributed by atoms with van der Waals surface area (Å²) in [6.45, 7) is 7.54. The summed E-state index contributed by atoms with van der Waals surface area (Å²) in [5, 5.41) is 10.1. The van der Waals surface area contributed by atoms with Crippen LogP contribution in [0.15, 0.2) is 42.7 Å². The number of rotatable bonds is 1. The Kier molecular flexibility index (Phi) is 3.46. The Morgan fingerprint density at radius 3 is 2.86 bits per heavy atom. The van der Waals surface area contributed by atoms with Gasteiger partial charge in [0.05, 0.1) is 17.4 Å². The van der Waals surface area contributed by atoms with Gasteiger partial charge in [-0.15, -0.1) is 0 Å². The van der Waals surface area contributed by atoms with Gasteiger partial charge in [-0.05, 0) is 59.7 Å². The average molecular weight is 375 g/mol. The van der Waals surface area contributed by atoms with E-state index in [0.29, 0.717) is 11.3 Å². The molecule has 1 aliphatic heterocycles. The van der Waals surface area contributed by atoms with E-state index in [4.69, 9.17) is 0 Å². The van der Waals surface area contributed by atoms with Crippen molar-refractivity contribution in [3.05, 3.63) is 59.4 Å². The Labute approximate surface area is 164 Å². The number of phenols is 1. The van der Waals surface area contributed by atoms with Crippen molar-refractivity contribution >= 4 is 16.9 Å². The number of nitrogens with one attached hydrogen (secondary N) is 1. The Bertz CT molecular complexity index is 1100. The lowest BCUT2D eigenvalue weighted by atomic mass is 9.51. The number of fused-ring (bicyclic) bond motifs is 5. The largest absolute Gasteiger partial charge is 0.508 e. The molecular formula is C23H25N3O2. The highest BCUT2D eigenvalue weighted by atomic mass is 16.3. The minimum absolute atomic E-state index is 0.0753. The van der Waals surface area contributed by atoms with Gasteiger partial charge in [-0.2, -0.15) is 0 Å². The molecule has 0 spiro atoms. The number of carbonyl (C=O) groups excluding carboxylic acids is 1. The molecule has 1 amide bonds. The summed E-state index contributed by atoms with van der Waals surface area (Å²) in [4.78, 5) is 22.9. The van der Waals surface area contributed by atoms with Crippen molar-refractivity contribution in [3.63, 3.8) is 0 Å². The number of hydrogen-bond donors (Lipinski definition) is 2. The second-order valence-corrected chi connectivity index (χ2v) is 9.00. The third-order valence-electron chi connectivity index (χ3n) is 7.51. The molecule has 2 heterocycles. The van der Waals surface area contributed by atoms with E-state index >= 15 is 0 Å². The summed E-state index contributed by atoms with van der Waals surface area (Å²) in [5.41, 5.74) is 4.76. The topological polar surface area (TPSA) is 69.2 Å². The van der Waals surface area contributed by atoms with Crippen LogP contribution in [0.5, 0.6) is 5.75 Å². The van der Waals surface area contributed by atoms with Crippen molar-refractivity contribution < 1.29 is 9.90 Å².